The van der Waals surface area contributed by atoms with Crippen LogP contribution >= 0.6 is 0 Å². The highest BCUT2D eigenvalue weighted by atomic mass is 16.4. The molecule has 0 amide bonds. The summed E-state index contributed by atoms with van der Waals surface area (Å²) in [6.07, 6.45) is 3.42. The third-order valence-electron chi connectivity index (χ3n) is 2.25. The second kappa shape index (κ2) is 3.57. The van der Waals surface area contributed by atoms with E-state index in [1.54, 1.807) is 24.5 Å². The summed E-state index contributed by atoms with van der Waals surface area (Å²) in [4.78, 5) is 17.5. The lowest BCUT2D eigenvalue weighted by atomic mass is 10.1. The van der Waals surface area contributed by atoms with Gasteiger partial charge in [-0.3, -0.25) is 4.98 Å². The zero-order valence-corrected chi connectivity index (χ0v) is 8.19. The van der Waals surface area contributed by atoms with Gasteiger partial charge < -0.3 is 10.1 Å². The fourth-order valence-corrected chi connectivity index (χ4v) is 1.42. The van der Waals surface area contributed by atoms with Gasteiger partial charge in [0, 0.05) is 23.7 Å². The van der Waals surface area contributed by atoms with Gasteiger partial charge in [-0.15, -0.1) is 0 Å². The van der Waals surface area contributed by atoms with Gasteiger partial charge in [0.15, 0.2) is 0 Å². The van der Waals surface area contributed by atoms with E-state index in [0.29, 0.717) is 0 Å². The molecule has 76 valence electrons. The average molecular weight is 202 g/mol. The van der Waals surface area contributed by atoms with Gasteiger partial charge in [0.25, 0.3) is 0 Å². The molecule has 0 radical (unpaired) electrons. The van der Waals surface area contributed by atoms with Crippen LogP contribution in [0.1, 0.15) is 16.1 Å². The van der Waals surface area contributed by atoms with Gasteiger partial charge in [0.2, 0.25) is 0 Å². The van der Waals surface area contributed by atoms with Crippen LogP contribution in [0.4, 0.5) is 0 Å². The fraction of sp³-hybridized carbons (Fsp3) is 0.0909. The highest BCUT2D eigenvalue weighted by molar-refractivity contribution is 5.87. The molecular formula is C11H10N2O2. The smallest absolute Gasteiger partial charge is 0.352 e. The highest BCUT2D eigenvalue weighted by Crippen LogP contribution is 2.20. The van der Waals surface area contributed by atoms with Crippen LogP contribution in [-0.4, -0.2) is 21.0 Å². The molecule has 4 nitrogen and oxygen atoms in total. The van der Waals surface area contributed by atoms with Crippen molar-refractivity contribution >= 4 is 5.97 Å². The van der Waals surface area contributed by atoms with Gasteiger partial charge in [-0.1, -0.05) is 0 Å². The molecule has 0 saturated heterocycles. The number of aromatic nitrogens is 2. The molecule has 4 heteroatoms. The Kier molecular flexibility index (Phi) is 2.25. The molecule has 0 aliphatic carbocycles. The van der Waals surface area contributed by atoms with Crippen molar-refractivity contribution < 1.29 is 9.90 Å². The Bertz CT molecular complexity index is 503. The van der Waals surface area contributed by atoms with Crippen molar-refractivity contribution in [2.45, 2.75) is 6.92 Å². The number of carboxylic acids is 1. The first-order chi connectivity index (χ1) is 7.18. The minimum Gasteiger partial charge on any atom is -0.477 e. The predicted molar refractivity (Wildman–Crippen MR) is 55.7 cm³/mol. The first-order valence-corrected chi connectivity index (χ1v) is 4.52. The number of nitrogens with zero attached hydrogens (tertiary/aromatic N) is 1. The highest BCUT2D eigenvalue weighted by Gasteiger charge is 2.08. The van der Waals surface area contributed by atoms with E-state index in [9.17, 15) is 4.79 Å². The number of carbonyl (C=O) groups is 1. The molecule has 0 aliphatic rings. The summed E-state index contributed by atoms with van der Waals surface area (Å²) < 4.78 is 0. The maximum Gasteiger partial charge on any atom is 0.352 e. The minimum atomic E-state index is -0.956. The Morgan fingerprint density at radius 2 is 2.20 bits per heavy atom. The molecule has 2 N–H and O–H groups in total. The molecule has 2 heterocycles. The van der Waals surface area contributed by atoms with E-state index in [2.05, 4.69) is 9.97 Å². The fourth-order valence-electron chi connectivity index (χ4n) is 1.42. The van der Waals surface area contributed by atoms with Crippen LogP contribution in [0, 0.1) is 6.92 Å². The molecule has 15 heavy (non-hydrogen) atoms. The molecule has 2 aromatic rings. The van der Waals surface area contributed by atoms with Crippen molar-refractivity contribution in [3.63, 3.8) is 0 Å². The molecule has 0 fully saturated rings. The van der Waals surface area contributed by atoms with Crippen LogP contribution in [0.15, 0.2) is 30.6 Å². The van der Waals surface area contributed by atoms with Gasteiger partial charge in [0.1, 0.15) is 5.69 Å². The number of aromatic amines is 1. The van der Waals surface area contributed by atoms with E-state index < -0.39 is 5.97 Å². The third kappa shape index (κ3) is 1.74. The molecule has 0 aromatic carbocycles. The van der Waals surface area contributed by atoms with Gasteiger partial charge >= 0.3 is 5.97 Å². The van der Waals surface area contributed by atoms with Crippen molar-refractivity contribution in [2.75, 3.05) is 0 Å². The molecule has 2 aromatic heterocycles. The van der Waals surface area contributed by atoms with E-state index in [1.807, 2.05) is 13.0 Å². The van der Waals surface area contributed by atoms with E-state index >= 15 is 0 Å². The Balaban J connectivity index is 2.46. The van der Waals surface area contributed by atoms with Crippen LogP contribution in [-0.2, 0) is 0 Å². The summed E-state index contributed by atoms with van der Waals surface area (Å²) in [6, 6.07) is 5.17. The van der Waals surface area contributed by atoms with Crippen molar-refractivity contribution in [3.8, 4) is 11.3 Å². The number of H-pyrrole nitrogens is 1. The zero-order chi connectivity index (χ0) is 10.8. The van der Waals surface area contributed by atoms with Gasteiger partial charge in [-0.25, -0.2) is 4.79 Å². The minimum absolute atomic E-state index is 0.188. The van der Waals surface area contributed by atoms with Crippen LogP contribution in [0.5, 0.6) is 0 Å². The lowest BCUT2D eigenvalue weighted by molar-refractivity contribution is 0.0691. The van der Waals surface area contributed by atoms with Crippen molar-refractivity contribution in [1.29, 1.82) is 0 Å². The number of aryl methyl sites for hydroxylation is 1. The van der Waals surface area contributed by atoms with E-state index in [0.717, 1.165) is 16.8 Å². The second-order valence-electron chi connectivity index (χ2n) is 3.28. The molecule has 0 aliphatic heterocycles. The van der Waals surface area contributed by atoms with Crippen molar-refractivity contribution in [3.05, 3.63) is 41.9 Å². The van der Waals surface area contributed by atoms with Crippen LogP contribution < -0.4 is 0 Å². The van der Waals surface area contributed by atoms with Crippen LogP contribution in [0.3, 0.4) is 0 Å². The Labute approximate surface area is 86.6 Å². The normalized spacial score (nSPS) is 10.2. The van der Waals surface area contributed by atoms with Gasteiger partial charge in [0.05, 0.1) is 0 Å². The van der Waals surface area contributed by atoms with Crippen molar-refractivity contribution in [2.24, 2.45) is 0 Å². The maximum absolute atomic E-state index is 10.7. The van der Waals surface area contributed by atoms with E-state index in [4.69, 9.17) is 5.11 Å². The standard InChI is InChI=1S/C11H10N2O2/c1-7-4-5-12-6-8(7)9-2-3-10(13-9)11(14)15/h2-6,13H,1H3,(H,14,15). The van der Waals surface area contributed by atoms with E-state index in [-0.39, 0.29) is 5.69 Å². The number of carboxylic acid groups (broad SMARTS) is 1. The molecule has 0 atom stereocenters. The first kappa shape index (κ1) is 9.45. The van der Waals surface area contributed by atoms with Crippen LogP contribution in [0.2, 0.25) is 0 Å². The summed E-state index contributed by atoms with van der Waals surface area (Å²) >= 11 is 0. The summed E-state index contributed by atoms with van der Waals surface area (Å²) in [7, 11) is 0. The lowest BCUT2D eigenvalue weighted by Crippen LogP contribution is -1.95. The summed E-state index contributed by atoms with van der Waals surface area (Å²) in [5.74, 6) is -0.956. The lowest BCUT2D eigenvalue weighted by Gasteiger charge is -2.01. The molecule has 2 rings (SSSR count). The number of rotatable bonds is 2. The second-order valence-corrected chi connectivity index (χ2v) is 3.28. The topological polar surface area (TPSA) is 66.0 Å². The average Bonchev–Trinajstić information content (AvgIpc) is 2.67. The monoisotopic (exact) mass is 202 g/mol. The van der Waals surface area contributed by atoms with Gasteiger partial charge in [-0.05, 0) is 30.7 Å². The molecule has 0 saturated carbocycles. The number of hydrogen-bond donors (Lipinski definition) is 2. The molecule has 0 unspecified atom stereocenters. The number of nitrogens with one attached hydrogen (secondary N) is 1. The molecular weight excluding hydrogens is 192 g/mol. The zero-order valence-electron chi connectivity index (χ0n) is 8.19. The number of pyridine rings is 1. The number of hydrogen-bond acceptors (Lipinski definition) is 2. The summed E-state index contributed by atoms with van der Waals surface area (Å²) in [6.45, 7) is 1.96. The van der Waals surface area contributed by atoms with Crippen LogP contribution in [0.25, 0.3) is 11.3 Å². The SMILES string of the molecule is Cc1ccncc1-c1ccc(C(=O)O)[nH]1. The number of aromatic carboxylic acids is 1. The van der Waals surface area contributed by atoms with E-state index in [1.165, 1.54) is 0 Å². The van der Waals surface area contributed by atoms with Crippen molar-refractivity contribution in [1.82, 2.24) is 9.97 Å². The van der Waals surface area contributed by atoms with Gasteiger partial charge in [-0.2, -0.15) is 0 Å². The molecule has 0 spiro atoms. The largest absolute Gasteiger partial charge is 0.477 e. The Morgan fingerprint density at radius 3 is 2.80 bits per heavy atom. The predicted octanol–water partition coefficient (Wildman–Crippen LogP) is 2.08. The summed E-state index contributed by atoms with van der Waals surface area (Å²) in [5.41, 5.74) is 2.94. The quantitative estimate of drug-likeness (QED) is 0.783. The Morgan fingerprint density at radius 1 is 1.40 bits per heavy atom. The first-order valence-electron chi connectivity index (χ1n) is 4.52. The Hall–Kier alpha value is -2.10. The maximum atomic E-state index is 10.7. The third-order valence-corrected chi connectivity index (χ3v) is 2.25. The summed E-state index contributed by atoms with van der Waals surface area (Å²) in [5, 5.41) is 8.77. The molecule has 0 bridgehead atoms.